The summed E-state index contributed by atoms with van der Waals surface area (Å²) in [4.78, 5) is 24.1. The predicted octanol–water partition coefficient (Wildman–Crippen LogP) is 2.96. The zero-order valence-corrected chi connectivity index (χ0v) is 12.6. The molecule has 2 amide bonds. The Balaban J connectivity index is 2.02. The Labute approximate surface area is 129 Å². The van der Waals surface area contributed by atoms with Crippen molar-refractivity contribution >= 4 is 12.0 Å². The lowest BCUT2D eigenvalue weighted by Crippen LogP contribution is -2.42. The molecule has 22 heavy (non-hydrogen) atoms. The molecular formula is C17H18N2O3. The van der Waals surface area contributed by atoms with E-state index in [0.29, 0.717) is 10.6 Å². The molecular weight excluding hydrogens is 280 g/mol. The second-order valence-electron chi connectivity index (χ2n) is 5.09. The molecule has 2 aromatic rings. The lowest BCUT2D eigenvalue weighted by Gasteiger charge is -2.15. The van der Waals surface area contributed by atoms with E-state index in [-0.39, 0.29) is 6.61 Å². The molecule has 114 valence electrons. The van der Waals surface area contributed by atoms with Crippen LogP contribution in [0.3, 0.4) is 0 Å². The van der Waals surface area contributed by atoms with Gasteiger partial charge in [-0.3, -0.25) is 4.79 Å². The summed E-state index contributed by atoms with van der Waals surface area (Å²) in [5.41, 5.74) is 3.03. The average molecular weight is 298 g/mol. The van der Waals surface area contributed by atoms with Gasteiger partial charge < -0.3 is 4.74 Å². The number of nitrogens with two attached hydrogens (primary N) is 1. The molecule has 0 aliphatic heterocycles. The number of hydrogen-bond donors (Lipinski definition) is 1. The maximum Gasteiger partial charge on any atom is 0.431 e. The third-order valence-corrected chi connectivity index (χ3v) is 3.09. The number of carbonyl (C=O) groups is 2. The smallest absolute Gasteiger partial charge is 0.431 e. The Morgan fingerprint density at radius 2 is 1.64 bits per heavy atom. The van der Waals surface area contributed by atoms with Crippen molar-refractivity contribution in [2.24, 2.45) is 5.84 Å². The minimum absolute atomic E-state index is 0.0630. The number of nitrogens with zero attached hydrogens (tertiary/aromatic N) is 1. The topological polar surface area (TPSA) is 72.6 Å². The van der Waals surface area contributed by atoms with Crippen molar-refractivity contribution in [1.29, 1.82) is 0 Å². The Kier molecular flexibility index (Phi) is 4.91. The second kappa shape index (κ2) is 6.87. The van der Waals surface area contributed by atoms with Crippen molar-refractivity contribution in [3.8, 4) is 0 Å². The van der Waals surface area contributed by atoms with Gasteiger partial charge in [0.1, 0.15) is 6.61 Å². The lowest BCUT2D eigenvalue weighted by molar-refractivity contribution is 0.0641. The molecule has 0 spiro atoms. The van der Waals surface area contributed by atoms with Crippen LogP contribution in [0.4, 0.5) is 4.79 Å². The number of imide groups is 1. The molecule has 2 aromatic carbocycles. The Hall–Kier alpha value is -2.66. The van der Waals surface area contributed by atoms with Crippen LogP contribution in [0, 0.1) is 13.8 Å². The van der Waals surface area contributed by atoms with E-state index in [1.165, 1.54) is 0 Å². The van der Waals surface area contributed by atoms with Crippen LogP contribution >= 0.6 is 0 Å². The molecule has 0 aliphatic rings. The van der Waals surface area contributed by atoms with Crippen LogP contribution in [0.1, 0.15) is 27.0 Å². The molecule has 0 fully saturated rings. The van der Waals surface area contributed by atoms with Gasteiger partial charge in [-0.2, -0.15) is 5.01 Å². The standard InChI is InChI=1S/C17H18N2O3/c1-12-8-13(2)10-15(9-12)16(20)19(18)17(21)22-11-14-6-4-3-5-7-14/h3-10H,11,18H2,1-2H3. The van der Waals surface area contributed by atoms with Crippen molar-refractivity contribution in [3.63, 3.8) is 0 Å². The highest BCUT2D eigenvalue weighted by molar-refractivity contribution is 6.02. The van der Waals surface area contributed by atoms with Gasteiger partial charge in [0, 0.05) is 5.56 Å². The summed E-state index contributed by atoms with van der Waals surface area (Å²) >= 11 is 0. The van der Waals surface area contributed by atoms with Crippen LogP contribution in [0.15, 0.2) is 48.5 Å². The van der Waals surface area contributed by atoms with Crippen molar-refractivity contribution in [3.05, 3.63) is 70.8 Å². The number of hydrazine groups is 1. The third kappa shape index (κ3) is 3.93. The van der Waals surface area contributed by atoms with Crippen LogP contribution in [0.5, 0.6) is 0 Å². The number of benzene rings is 2. The highest BCUT2D eigenvalue weighted by atomic mass is 16.6. The van der Waals surface area contributed by atoms with Gasteiger partial charge in [0.2, 0.25) is 0 Å². The van der Waals surface area contributed by atoms with Gasteiger partial charge >= 0.3 is 6.09 Å². The van der Waals surface area contributed by atoms with Gasteiger partial charge in [-0.25, -0.2) is 10.6 Å². The molecule has 0 bridgehead atoms. The summed E-state index contributed by atoms with van der Waals surface area (Å²) < 4.78 is 5.03. The molecule has 5 nitrogen and oxygen atoms in total. The SMILES string of the molecule is Cc1cc(C)cc(C(=O)N(N)C(=O)OCc2ccccc2)c1. The number of ether oxygens (including phenoxy) is 1. The molecule has 0 saturated heterocycles. The van der Waals surface area contributed by atoms with Crippen LogP contribution in [0.2, 0.25) is 0 Å². The summed E-state index contributed by atoms with van der Waals surface area (Å²) in [7, 11) is 0. The van der Waals surface area contributed by atoms with Crippen molar-refractivity contribution in [2.45, 2.75) is 20.5 Å². The fourth-order valence-electron chi connectivity index (χ4n) is 2.11. The average Bonchev–Trinajstić information content (AvgIpc) is 2.51. The van der Waals surface area contributed by atoms with Gasteiger partial charge in [0.05, 0.1) is 0 Å². The largest absolute Gasteiger partial charge is 0.443 e. The normalized spacial score (nSPS) is 10.1. The fourth-order valence-corrected chi connectivity index (χ4v) is 2.11. The van der Waals surface area contributed by atoms with Gasteiger partial charge in [0.15, 0.2) is 0 Å². The van der Waals surface area contributed by atoms with Crippen LogP contribution in [-0.2, 0) is 11.3 Å². The summed E-state index contributed by atoms with van der Waals surface area (Å²) in [5.74, 6) is 4.97. The molecule has 5 heteroatoms. The maximum absolute atomic E-state index is 12.2. The first-order valence-electron chi connectivity index (χ1n) is 6.85. The third-order valence-electron chi connectivity index (χ3n) is 3.09. The molecule has 0 radical (unpaired) electrons. The maximum atomic E-state index is 12.2. The molecule has 2 rings (SSSR count). The Bertz CT molecular complexity index is 663. The number of hydrogen-bond acceptors (Lipinski definition) is 4. The van der Waals surface area contributed by atoms with Crippen molar-refractivity contribution < 1.29 is 14.3 Å². The van der Waals surface area contributed by atoms with Gasteiger partial charge in [-0.05, 0) is 31.5 Å². The molecule has 0 saturated carbocycles. The lowest BCUT2D eigenvalue weighted by atomic mass is 10.1. The molecule has 0 atom stereocenters. The summed E-state index contributed by atoms with van der Waals surface area (Å²) in [6.07, 6.45) is -0.881. The second-order valence-corrected chi connectivity index (χ2v) is 5.09. The van der Waals surface area contributed by atoms with E-state index in [1.807, 2.05) is 50.2 Å². The first kappa shape index (κ1) is 15.7. The van der Waals surface area contributed by atoms with Gasteiger partial charge in [-0.1, -0.05) is 47.5 Å². The Morgan fingerprint density at radius 3 is 2.23 bits per heavy atom. The van der Waals surface area contributed by atoms with Crippen molar-refractivity contribution in [1.82, 2.24) is 5.01 Å². The number of rotatable bonds is 3. The van der Waals surface area contributed by atoms with E-state index in [1.54, 1.807) is 12.1 Å². The van der Waals surface area contributed by atoms with Crippen molar-refractivity contribution in [2.75, 3.05) is 0 Å². The predicted molar refractivity (Wildman–Crippen MR) is 82.9 cm³/mol. The van der Waals surface area contributed by atoms with Crippen LogP contribution in [-0.4, -0.2) is 17.0 Å². The van der Waals surface area contributed by atoms with E-state index in [9.17, 15) is 9.59 Å². The number of carbonyl (C=O) groups excluding carboxylic acids is 2. The number of aryl methyl sites for hydroxylation is 2. The fraction of sp³-hybridized carbons (Fsp3) is 0.176. The van der Waals surface area contributed by atoms with Gasteiger partial charge in [0.25, 0.3) is 5.91 Å². The van der Waals surface area contributed by atoms with E-state index < -0.39 is 12.0 Å². The summed E-state index contributed by atoms with van der Waals surface area (Å²) in [5, 5.41) is 0.497. The van der Waals surface area contributed by atoms with E-state index in [4.69, 9.17) is 10.6 Å². The minimum Gasteiger partial charge on any atom is -0.443 e. The summed E-state index contributed by atoms with van der Waals surface area (Å²) in [6.45, 7) is 3.81. The minimum atomic E-state index is -0.881. The van der Waals surface area contributed by atoms with Crippen LogP contribution < -0.4 is 5.84 Å². The van der Waals surface area contributed by atoms with E-state index in [0.717, 1.165) is 16.7 Å². The molecule has 0 unspecified atom stereocenters. The van der Waals surface area contributed by atoms with E-state index >= 15 is 0 Å². The molecule has 0 aromatic heterocycles. The van der Waals surface area contributed by atoms with Crippen LogP contribution in [0.25, 0.3) is 0 Å². The molecule has 0 aliphatic carbocycles. The number of amides is 2. The first-order chi connectivity index (χ1) is 10.5. The quantitative estimate of drug-likeness (QED) is 0.537. The van der Waals surface area contributed by atoms with E-state index in [2.05, 4.69) is 0 Å². The monoisotopic (exact) mass is 298 g/mol. The molecule has 0 heterocycles. The highest BCUT2D eigenvalue weighted by Crippen LogP contribution is 2.11. The molecule has 2 N–H and O–H groups in total. The zero-order valence-electron chi connectivity index (χ0n) is 12.6. The highest BCUT2D eigenvalue weighted by Gasteiger charge is 2.21. The summed E-state index contributed by atoms with van der Waals surface area (Å²) in [6, 6.07) is 14.5. The van der Waals surface area contributed by atoms with Gasteiger partial charge in [-0.15, -0.1) is 0 Å². The zero-order chi connectivity index (χ0) is 16.1. The first-order valence-corrected chi connectivity index (χ1v) is 6.85. The Morgan fingerprint density at radius 1 is 1.05 bits per heavy atom.